The van der Waals surface area contributed by atoms with Crippen LogP contribution in [0.2, 0.25) is 0 Å². The number of hydrogen-bond donors (Lipinski definition) is 5. The molecule has 2 aromatic rings. The van der Waals surface area contributed by atoms with Crippen molar-refractivity contribution in [3.05, 3.63) is 65.2 Å². The van der Waals surface area contributed by atoms with E-state index in [0.717, 1.165) is 0 Å². The summed E-state index contributed by atoms with van der Waals surface area (Å²) in [6.07, 6.45) is 0. The highest BCUT2D eigenvalue weighted by molar-refractivity contribution is 5.97. The van der Waals surface area contributed by atoms with Crippen LogP contribution in [0.5, 0.6) is 5.75 Å². The van der Waals surface area contributed by atoms with Gasteiger partial charge in [0.2, 0.25) is 0 Å². The molecule has 0 saturated carbocycles. The molecule has 0 aliphatic carbocycles. The van der Waals surface area contributed by atoms with Crippen LogP contribution in [0.4, 0.5) is 0 Å². The Labute approximate surface area is 126 Å². The first-order valence-corrected chi connectivity index (χ1v) is 6.46. The average molecular weight is 301 g/mol. The number of carbonyl (C=O) groups is 2. The molecule has 5 N–H and O–H groups in total. The van der Waals surface area contributed by atoms with Gasteiger partial charge in [0.1, 0.15) is 5.75 Å². The summed E-state index contributed by atoms with van der Waals surface area (Å²) in [4.78, 5) is 23.0. The summed E-state index contributed by atoms with van der Waals surface area (Å²) < 4.78 is 0. The molecule has 7 heteroatoms. The lowest BCUT2D eigenvalue weighted by Gasteiger charge is -2.09. The number of benzene rings is 2. The molecule has 0 atom stereocenters. The molecule has 0 fully saturated rings. The van der Waals surface area contributed by atoms with Gasteiger partial charge in [-0.05, 0) is 30.3 Å². The second kappa shape index (κ2) is 7.21. The minimum atomic E-state index is -0.648. The number of carbonyl (C=O) groups excluding carboxylic acids is 2. The van der Waals surface area contributed by atoms with Crippen molar-refractivity contribution >= 4 is 11.8 Å². The van der Waals surface area contributed by atoms with E-state index in [2.05, 4.69) is 10.9 Å². The van der Waals surface area contributed by atoms with E-state index in [1.165, 1.54) is 29.7 Å². The zero-order valence-electron chi connectivity index (χ0n) is 11.5. The van der Waals surface area contributed by atoms with Gasteiger partial charge in [0.15, 0.2) is 0 Å². The molecule has 0 heterocycles. The van der Waals surface area contributed by atoms with Crippen molar-refractivity contribution in [1.82, 2.24) is 16.3 Å². The number of amides is 2. The highest BCUT2D eigenvalue weighted by atomic mass is 16.5. The van der Waals surface area contributed by atoms with Gasteiger partial charge >= 0.3 is 0 Å². The zero-order chi connectivity index (χ0) is 15.9. The topological polar surface area (TPSA) is 111 Å². The van der Waals surface area contributed by atoms with Crippen LogP contribution in [0.25, 0.3) is 0 Å². The van der Waals surface area contributed by atoms with Gasteiger partial charge in [0.05, 0.1) is 0 Å². The number of hydroxylamine groups is 1. The molecule has 114 valence electrons. The van der Waals surface area contributed by atoms with Gasteiger partial charge in [-0.15, -0.1) is 0 Å². The van der Waals surface area contributed by atoms with E-state index in [9.17, 15) is 14.7 Å². The zero-order valence-corrected chi connectivity index (χ0v) is 11.5. The quantitative estimate of drug-likeness (QED) is 0.417. The number of nitrogens with one attached hydrogen (secondary N) is 3. The summed E-state index contributed by atoms with van der Waals surface area (Å²) in [6.45, 7) is 0.267. The number of rotatable bonds is 5. The predicted octanol–water partition coefficient (Wildman–Crippen LogP) is 0.946. The molecule has 0 saturated heterocycles. The van der Waals surface area contributed by atoms with Crippen molar-refractivity contribution in [2.75, 3.05) is 0 Å². The first-order valence-electron chi connectivity index (χ1n) is 6.46. The third-order valence-electron chi connectivity index (χ3n) is 2.98. The van der Waals surface area contributed by atoms with Crippen molar-refractivity contribution in [3.63, 3.8) is 0 Å². The second-order valence-corrected chi connectivity index (χ2v) is 4.45. The van der Waals surface area contributed by atoms with Crippen LogP contribution in [-0.2, 0) is 6.54 Å². The van der Waals surface area contributed by atoms with Crippen molar-refractivity contribution in [1.29, 1.82) is 0 Å². The van der Waals surface area contributed by atoms with Crippen molar-refractivity contribution < 1.29 is 19.9 Å². The van der Waals surface area contributed by atoms with E-state index in [0.29, 0.717) is 11.1 Å². The average Bonchev–Trinajstić information content (AvgIpc) is 2.56. The number of para-hydroxylation sites is 1. The van der Waals surface area contributed by atoms with Gasteiger partial charge in [-0.3, -0.25) is 20.2 Å². The smallest absolute Gasteiger partial charge is 0.274 e. The molecule has 0 spiro atoms. The Morgan fingerprint density at radius 1 is 0.909 bits per heavy atom. The van der Waals surface area contributed by atoms with Gasteiger partial charge in [-0.25, -0.2) is 10.9 Å². The van der Waals surface area contributed by atoms with Crippen molar-refractivity contribution in [2.24, 2.45) is 0 Å². The minimum absolute atomic E-state index is 0.142. The Morgan fingerprint density at radius 2 is 1.50 bits per heavy atom. The van der Waals surface area contributed by atoms with Gasteiger partial charge < -0.3 is 5.11 Å². The molecule has 2 aromatic carbocycles. The Morgan fingerprint density at radius 3 is 2.09 bits per heavy atom. The van der Waals surface area contributed by atoms with Gasteiger partial charge in [0.25, 0.3) is 11.8 Å². The molecule has 2 amide bonds. The van der Waals surface area contributed by atoms with E-state index < -0.39 is 5.91 Å². The number of phenols is 1. The molecule has 0 bridgehead atoms. The van der Waals surface area contributed by atoms with Crippen LogP contribution in [0, 0.1) is 0 Å². The molecule has 22 heavy (non-hydrogen) atoms. The molecular formula is C15H15N3O4. The second-order valence-electron chi connectivity index (χ2n) is 4.45. The molecule has 0 aliphatic rings. The van der Waals surface area contributed by atoms with Crippen LogP contribution >= 0.6 is 0 Å². The number of phenolic OH excluding ortho intramolecular Hbond substituents is 1. The van der Waals surface area contributed by atoms with Gasteiger partial charge in [0, 0.05) is 23.2 Å². The largest absolute Gasteiger partial charge is 0.508 e. The monoisotopic (exact) mass is 301 g/mol. The molecular weight excluding hydrogens is 286 g/mol. The van der Waals surface area contributed by atoms with Crippen LogP contribution in [-0.4, -0.2) is 22.1 Å². The Hall–Kier alpha value is -2.90. The fourth-order valence-corrected chi connectivity index (χ4v) is 1.79. The highest BCUT2D eigenvalue weighted by Gasteiger charge is 2.08. The Bertz CT molecular complexity index is 671. The van der Waals surface area contributed by atoms with E-state index in [1.54, 1.807) is 24.3 Å². The summed E-state index contributed by atoms with van der Waals surface area (Å²) in [7, 11) is 0. The minimum Gasteiger partial charge on any atom is -0.508 e. The van der Waals surface area contributed by atoms with Crippen molar-refractivity contribution in [2.45, 2.75) is 6.54 Å². The maximum atomic E-state index is 11.9. The Kier molecular flexibility index (Phi) is 5.07. The number of hydrogen-bond acceptors (Lipinski definition) is 5. The third kappa shape index (κ3) is 3.81. The molecule has 2 rings (SSSR count). The third-order valence-corrected chi connectivity index (χ3v) is 2.98. The lowest BCUT2D eigenvalue weighted by atomic mass is 10.1. The summed E-state index contributed by atoms with van der Waals surface area (Å²) in [5, 5.41) is 18.1. The fraction of sp³-hybridized carbons (Fsp3) is 0.0667. The maximum Gasteiger partial charge on any atom is 0.274 e. The summed E-state index contributed by atoms with van der Waals surface area (Å²) >= 11 is 0. The maximum absolute atomic E-state index is 11.9. The molecule has 0 unspecified atom stereocenters. The SMILES string of the molecule is O=C(NO)c1ccc(C(=O)NNCc2ccccc2O)cc1. The van der Waals surface area contributed by atoms with Gasteiger partial charge in [-0.2, -0.15) is 0 Å². The Balaban J connectivity index is 1.90. The summed E-state index contributed by atoms with van der Waals surface area (Å²) in [5.41, 5.74) is 7.94. The van der Waals surface area contributed by atoms with E-state index in [1.807, 2.05) is 0 Å². The van der Waals surface area contributed by atoms with Crippen molar-refractivity contribution in [3.8, 4) is 5.75 Å². The first-order chi connectivity index (χ1) is 10.6. The molecule has 0 aliphatic heterocycles. The number of hydrazine groups is 1. The molecule has 0 aromatic heterocycles. The number of aromatic hydroxyl groups is 1. The van der Waals surface area contributed by atoms with E-state index in [-0.39, 0.29) is 23.8 Å². The standard InChI is InChI=1S/C15H15N3O4/c19-13-4-2-1-3-12(13)9-16-17-14(20)10-5-7-11(8-6-10)15(21)18-22/h1-8,16,19,22H,9H2,(H,17,20)(H,18,21). The lowest BCUT2D eigenvalue weighted by molar-refractivity contribution is 0.0706. The van der Waals surface area contributed by atoms with E-state index in [4.69, 9.17) is 5.21 Å². The fourth-order valence-electron chi connectivity index (χ4n) is 1.79. The van der Waals surface area contributed by atoms with Crippen LogP contribution < -0.4 is 16.3 Å². The lowest BCUT2D eigenvalue weighted by Crippen LogP contribution is -2.36. The van der Waals surface area contributed by atoms with Crippen LogP contribution in [0.3, 0.4) is 0 Å². The first kappa shape index (κ1) is 15.5. The van der Waals surface area contributed by atoms with E-state index >= 15 is 0 Å². The summed E-state index contributed by atoms with van der Waals surface area (Å²) in [6, 6.07) is 12.5. The van der Waals surface area contributed by atoms with Gasteiger partial charge in [-0.1, -0.05) is 18.2 Å². The predicted molar refractivity (Wildman–Crippen MR) is 78.1 cm³/mol. The highest BCUT2D eigenvalue weighted by Crippen LogP contribution is 2.14. The molecule has 7 nitrogen and oxygen atoms in total. The summed E-state index contributed by atoms with van der Waals surface area (Å²) in [5.74, 6) is -0.889. The van der Waals surface area contributed by atoms with Crippen LogP contribution in [0.1, 0.15) is 26.3 Å². The molecule has 0 radical (unpaired) electrons. The van der Waals surface area contributed by atoms with Crippen LogP contribution in [0.15, 0.2) is 48.5 Å². The normalized spacial score (nSPS) is 10.0.